The molecule has 1 aromatic carbocycles. The molecule has 24 heavy (non-hydrogen) atoms. The van der Waals surface area contributed by atoms with Gasteiger partial charge >= 0.3 is 0 Å². The molecule has 2 N–H and O–H groups in total. The Labute approximate surface area is 149 Å². The summed E-state index contributed by atoms with van der Waals surface area (Å²) in [4.78, 5) is 14.5. The third-order valence-electron chi connectivity index (χ3n) is 4.14. The van der Waals surface area contributed by atoms with E-state index in [2.05, 4.69) is 21.1 Å². The van der Waals surface area contributed by atoms with Gasteiger partial charge in [-0.25, -0.2) is 0 Å². The molecule has 1 fully saturated rings. The van der Waals surface area contributed by atoms with Crippen molar-refractivity contribution in [2.45, 2.75) is 32.4 Å². The van der Waals surface area contributed by atoms with E-state index >= 15 is 0 Å². The number of hydrogen-bond acceptors (Lipinski definition) is 5. The third-order valence-corrected chi connectivity index (χ3v) is 4.76. The number of amides is 1. The molecule has 0 radical (unpaired) electrons. The highest BCUT2D eigenvalue weighted by Gasteiger charge is 2.28. The molecule has 1 aliphatic rings. The first-order chi connectivity index (χ1) is 11.6. The molecule has 3 rings (SSSR count). The lowest BCUT2D eigenvalue weighted by atomic mass is 10.1. The van der Waals surface area contributed by atoms with E-state index < -0.39 is 0 Å². The maximum Gasteiger partial charge on any atom is 0.254 e. The summed E-state index contributed by atoms with van der Waals surface area (Å²) in [7, 11) is 0. The molecule has 2 aromatic rings. The van der Waals surface area contributed by atoms with Crippen molar-refractivity contribution in [2.75, 3.05) is 13.1 Å². The highest BCUT2D eigenvalue weighted by molar-refractivity contribution is 9.10. The fourth-order valence-corrected chi connectivity index (χ4v) is 3.40. The number of aromatic nitrogens is 1. The number of carbonyl (C=O) groups is 1. The van der Waals surface area contributed by atoms with E-state index in [9.17, 15) is 4.79 Å². The minimum Gasteiger partial charge on any atom is -0.486 e. The van der Waals surface area contributed by atoms with Crippen LogP contribution in [0.3, 0.4) is 0 Å². The summed E-state index contributed by atoms with van der Waals surface area (Å²) in [5.41, 5.74) is 7.11. The van der Waals surface area contributed by atoms with Crippen molar-refractivity contribution < 1.29 is 14.1 Å². The number of ether oxygens (including phenoxy) is 1. The predicted molar refractivity (Wildman–Crippen MR) is 92.8 cm³/mol. The van der Waals surface area contributed by atoms with Crippen LogP contribution in [0.2, 0.25) is 0 Å². The normalized spacial score (nSPS) is 17.3. The van der Waals surface area contributed by atoms with Crippen LogP contribution in [-0.2, 0) is 6.61 Å². The molecule has 1 aliphatic heterocycles. The SMILES string of the molecule is Cc1cc(COc2ccc(C(=O)N3CCC[C@H]3CN)cc2Br)no1. The lowest BCUT2D eigenvalue weighted by molar-refractivity contribution is 0.0741. The summed E-state index contributed by atoms with van der Waals surface area (Å²) < 4.78 is 11.5. The van der Waals surface area contributed by atoms with Crippen molar-refractivity contribution in [1.82, 2.24) is 10.1 Å². The van der Waals surface area contributed by atoms with E-state index in [-0.39, 0.29) is 11.9 Å². The molecule has 1 amide bonds. The molecule has 1 aromatic heterocycles. The van der Waals surface area contributed by atoms with E-state index in [4.69, 9.17) is 15.0 Å². The summed E-state index contributed by atoms with van der Waals surface area (Å²) in [5.74, 6) is 1.42. The van der Waals surface area contributed by atoms with Crippen LogP contribution >= 0.6 is 15.9 Å². The van der Waals surface area contributed by atoms with Crippen LogP contribution in [0.15, 0.2) is 33.3 Å². The quantitative estimate of drug-likeness (QED) is 0.844. The smallest absolute Gasteiger partial charge is 0.254 e. The second-order valence-electron chi connectivity index (χ2n) is 5.89. The van der Waals surface area contributed by atoms with Gasteiger partial charge in [-0.2, -0.15) is 0 Å². The first-order valence-electron chi connectivity index (χ1n) is 7.94. The Morgan fingerprint density at radius 1 is 1.50 bits per heavy atom. The van der Waals surface area contributed by atoms with Gasteiger partial charge in [0.1, 0.15) is 23.8 Å². The van der Waals surface area contributed by atoms with Crippen molar-refractivity contribution >= 4 is 21.8 Å². The fraction of sp³-hybridized carbons (Fsp3) is 0.412. The topological polar surface area (TPSA) is 81.6 Å². The zero-order chi connectivity index (χ0) is 17.1. The first kappa shape index (κ1) is 17.0. The molecule has 128 valence electrons. The summed E-state index contributed by atoms with van der Waals surface area (Å²) >= 11 is 3.47. The molecule has 0 bridgehead atoms. The molecule has 6 nitrogen and oxygen atoms in total. The molecule has 1 saturated heterocycles. The van der Waals surface area contributed by atoms with Crippen LogP contribution in [0.4, 0.5) is 0 Å². The van der Waals surface area contributed by atoms with Gasteiger partial charge in [-0.05, 0) is 53.9 Å². The monoisotopic (exact) mass is 393 g/mol. The maximum atomic E-state index is 12.6. The van der Waals surface area contributed by atoms with E-state index in [0.717, 1.165) is 35.3 Å². The second-order valence-corrected chi connectivity index (χ2v) is 6.75. The number of nitrogens with zero attached hydrogens (tertiary/aromatic N) is 2. The van der Waals surface area contributed by atoms with Gasteiger partial charge in [0.25, 0.3) is 5.91 Å². The molecule has 0 unspecified atom stereocenters. The van der Waals surface area contributed by atoms with Gasteiger partial charge in [-0.15, -0.1) is 0 Å². The Hall–Kier alpha value is -1.86. The minimum atomic E-state index is 0.0160. The maximum absolute atomic E-state index is 12.6. The van der Waals surface area contributed by atoms with Gasteiger partial charge in [0, 0.05) is 30.8 Å². The summed E-state index contributed by atoms with van der Waals surface area (Å²) in [6.07, 6.45) is 1.98. The molecule has 0 aliphatic carbocycles. The van der Waals surface area contributed by atoms with E-state index in [0.29, 0.717) is 24.5 Å². The Morgan fingerprint density at radius 2 is 2.33 bits per heavy atom. The van der Waals surface area contributed by atoms with E-state index in [1.54, 1.807) is 18.2 Å². The van der Waals surface area contributed by atoms with Crippen LogP contribution in [-0.4, -0.2) is 35.1 Å². The number of benzene rings is 1. The Balaban J connectivity index is 1.68. The number of carbonyl (C=O) groups excluding carboxylic acids is 1. The zero-order valence-corrected chi connectivity index (χ0v) is 15.1. The van der Waals surface area contributed by atoms with Crippen molar-refractivity contribution in [3.8, 4) is 5.75 Å². The molecular formula is C17H20BrN3O3. The van der Waals surface area contributed by atoms with E-state index in [1.807, 2.05) is 17.9 Å². The van der Waals surface area contributed by atoms with Crippen molar-refractivity contribution in [3.63, 3.8) is 0 Å². The largest absolute Gasteiger partial charge is 0.486 e. The molecule has 1 atom stereocenters. The van der Waals surface area contributed by atoms with Gasteiger partial charge in [-0.1, -0.05) is 5.16 Å². The van der Waals surface area contributed by atoms with Gasteiger partial charge < -0.3 is 19.9 Å². The first-order valence-corrected chi connectivity index (χ1v) is 8.73. The molecular weight excluding hydrogens is 374 g/mol. The van der Waals surface area contributed by atoms with Crippen molar-refractivity contribution in [3.05, 3.63) is 45.8 Å². The minimum absolute atomic E-state index is 0.0160. The lowest BCUT2D eigenvalue weighted by Crippen LogP contribution is -2.39. The van der Waals surface area contributed by atoms with Gasteiger partial charge in [0.05, 0.1) is 4.47 Å². The molecule has 0 saturated carbocycles. The average Bonchev–Trinajstić information content (AvgIpc) is 3.21. The molecule has 0 spiro atoms. The number of halogens is 1. The highest BCUT2D eigenvalue weighted by Crippen LogP contribution is 2.28. The van der Waals surface area contributed by atoms with Crippen LogP contribution < -0.4 is 10.5 Å². The highest BCUT2D eigenvalue weighted by atomic mass is 79.9. The number of nitrogens with two attached hydrogens (primary N) is 1. The van der Waals surface area contributed by atoms with E-state index in [1.165, 1.54) is 0 Å². The Bertz CT molecular complexity index is 732. The molecule has 7 heteroatoms. The lowest BCUT2D eigenvalue weighted by Gasteiger charge is -2.23. The van der Waals surface area contributed by atoms with Gasteiger partial charge in [0.15, 0.2) is 0 Å². The summed E-state index contributed by atoms with van der Waals surface area (Å²) in [6, 6.07) is 7.33. The van der Waals surface area contributed by atoms with Crippen LogP contribution in [0, 0.1) is 6.92 Å². The Morgan fingerprint density at radius 3 is 3.00 bits per heavy atom. The number of hydrogen-bond donors (Lipinski definition) is 1. The van der Waals surface area contributed by atoms with Crippen LogP contribution in [0.1, 0.15) is 34.7 Å². The summed E-state index contributed by atoms with van der Waals surface area (Å²) in [5, 5.41) is 3.89. The number of likely N-dealkylation sites (tertiary alicyclic amines) is 1. The summed E-state index contributed by atoms with van der Waals surface area (Å²) in [6.45, 7) is 3.41. The van der Waals surface area contributed by atoms with Crippen LogP contribution in [0.25, 0.3) is 0 Å². The number of aryl methyl sites for hydroxylation is 1. The predicted octanol–water partition coefficient (Wildman–Crippen LogP) is 2.89. The van der Waals surface area contributed by atoms with Gasteiger partial charge in [-0.3, -0.25) is 4.79 Å². The zero-order valence-electron chi connectivity index (χ0n) is 13.5. The fourth-order valence-electron chi connectivity index (χ4n) is 2.90. The Kier molecular flexibility index (Phi) is 5.20. The average molecular weight is 394 g/mol. The standard InChI is InChI=1S/C17H20BrN3O3/c1-11-7-13(20-24-11)10-23-16-5-4-12(8-15(16)18)17(22)21-6-2-3-14(21)9-19/h4-5,7-8,14H,2-3,6,9-10,19H2,1H3/t14-/m0/s1. The third kappa shape index (κ3) is 3.62. The van der Waals surface area contributed by atoms with Gasteiger partial charge in [0.2, 0.25) is 0 Å². The number of rotatable bonds is 5. The van der Waals surface area contributed by atoms with Crippen molar-refractivity contribution in [2.24, 2.45) is 5.73 Å². The molecule has 2 heterocycles. The van der Waals surface area contributed by atoms with Crippen LogP contribution in [0.5, 0.6) is 5.75 Å². The second kappa shape index (κ2) is 7.36. The van der Waals surface area contributed by atoms with Crippen molar-refractivity contribution in [1.29, 1.82) is 0 Å².